The minimum absolute atomic E-state index is 0.170. The van der Waals surface area contributed by atoms with Crippen molar-refractivity contribution in [3.05, 3.63) is 181 Å². The molecule has 11 aromatic rings. The lowest BCUT2D eigenvalue weighted by Gasteiger charge is -2.23. The van der Waals surface area contributed by atoms with E-state index in [0.717, 1.165) is 0 Å². The molecular formula is C51H34N2S. The maximum absolute atomic E-state index is 2.56. The number of fused-ring (bicyclic) bond motifs is 13. The van der Waals surface area contributed by atoms with Gasteiger partial charge < -0.3 is 9.13 Å². The molecule has 12 rings (SSSR count). The highest BCUT2D eigenvalue weighted by Gasteiger charge is 2.38. The number of benzene rings is 8. The third-order valence-corrected chi connectivity index (χ3v) is 13.3. The fourth-order valence-corrected chi connectivity index (χ4v) is 11.0. The van der Waals surface area contributed by atoms with Crippen LogP contribution in [0.2, 0.25) is 0 Å². The molecule has 0 N–H and O–H groups in total. The fraction of sp³-hybridized carbons (Fsp3) is 0.0588. The highest BCUT2D eigenvalue weighted by Crippen LogP contribution is 2.53. The van der Waals surface area contributed by atoms with Gasteiger partial charge in [0.15, 0.2) is 0 Å². The smallest absolute Gasteiger partial charge is 0.0588 e. The predicted octanol–water partition coefficient (Wildman–Crippen LogP) is 14.2. The van der Waals surface area contributed by atoms with Gasteiger partial charge in [-0.2, -0.15) is 0 Å². The zero-order valence-electron chi connectivity index (χ0n) is 30.0. The van der Waals surface area contributed by atoms with Crippen molar-refractivity contribution in [2.75, 3.05) is 0 Å². The van der Waals surface area contributed by atoms with Gasteiger partial charge in [0.1, 0.15) is 0 Å². The van der Waals surface area contributed by atoms with Crippen LogP contribution in [0, 0.1) is 0 Å². The first-order valence-electron chi connectivity index (χ1n) is 18.8. The molecule has 2 nitrogen and oxygen atoms in total. The molecule has 0 saturated heterocycles. The van der Waals surface area contributed by atoms with E-state index in [-0.39, 0.29) is 5.41 Å². The van der Waals surface area contributed by atoms with Crippen molar-refractivity contribution in [3.8, 4) is 33.6 Å². The van der Waals surface area contributed by atoms with Gasteiger partial charge >= 0.3 is 0 Å². The molecule has 3 aromatic heterocycles. The van der Waals surface area contributed by atoms with E-state index in [1.54, 1.807) is 0 Å². The Labute approximate surface area is 316 Å². The van der Waals surface area contributed by atoms with Crippen molar-refractivity contribution in [1.29, 1.82) is 0 Å². The Kier molecular flexibility index (Phi) is 6.03. The summed E-state index contributed by atoms with van der Waals surface area (Å²) >= 11 is 1.90. The Morgan fingerprint density at radius 2 is 1.11 bits per heavy atom. The van der Waals surface area contributed by atoms with Crippen LogP contribution >= 0.6 is 11.3 Å². The van der Waals surface area contributed by atoms with Crippen LogP contribution in [0.4, 0.5) is 0 Å². The minimum Gasteiger partial charge on any atom is -0.309 e. The zero-order chi connectivity index (χ0) is 35.7. The van der Waals surface area contributed by atoms with Crippen LogP contribution in [-0.4, -0.2) is 9.13 Å². The van der Waals surface area contributed by atoms with Crippen LogP contribution in [0.3, 0.4) is 0 Å². The molecule has 254 valence electrons. The average Bonchev–Trinajstić information content (AvgIpc) is 3.93. The summed E-state index contributed by atoms with van der Waals surface area (Å²) in [5, 5.41) is 7.75. The molecule has 0 saturated carbocycles. The number of nitrogens with zero attached hydrogens (tertiary/aromatic N) is 2. The Balaban J connectivity index is 1.18. The minimum atomic E-state index is -0.170. The lowest BCUT2D eigenvalue weighted by molar-refractivity contribution is 0.664. The summed E-state index contributed by atoms with van der Waals surface area (Å²) in [6.07, 6.45) is 0. The van der Waals surface area contributed by atoms with Crippen molar-refractivity contribution in [2.45, 2.75) is 19.3 Å². The monoisotopic (exact) mass is 706 g/mol. The van der Waals surface area contributed by atoms with Gasteiger partial charge in [-0.3, -0.25) is 0 Å². The third kappa shape index (κ3) is 3.94. The highest BCUT2D eigenvalue weighted by molar-refractivity contribution is 7.26. The van der Waals surface area contributed by atoms with Gasteiger partial charge in [0, 0.05) is 58.5 Å². The Morgan fingerprint density at radius 3 is 2.02 bits per heavy atom. The molecule has 0 unspecified atom stereocenters. The number of rotatable bonds is 3. The first-order chi connectivity index (χ1) is 26.6. The molecule has 1 aliphatic rings. The first kappa shape index (κ1) is 30.1. The van der Waals surface area contributed by atoms with E-state index in [4.69, 9.17) is 0 Å². The highest BCUT2D eigenvalue weighted by atomic mass is 32.1. The largest absolute Gasteiger partial charge is 0.309 e. The molecule has 0 spiro atoms. The van der Waals surface area contributed by atoms with E-state index in [9.17, 15) is 0 Å². The van der Waals surface area contributed by atoms with Crippen LogP contribution in [0.15, 0.2) is 170 Å². The van der Waals surface area contributed by atoms with Crippen LogP contribution in [0.5, 0.6) is 0 Å². The molecule has 54 heavy (non-hydrogen) atoms. The van der Waals surface area contributed by atoms with E-state index in [1.807, 2.05) is 11.3 Å². The average molecular weight is 707 g/mol. The lowest BCUT2D eigenvalue weighted by Crippen LogP contribution is -2.16. The normalized spacial score (nSPS) is 13.5. The second-order valence-electron chi connectivity index (χ2n) is 15.3. The quantitative estimate of drug-likeness (QED) is 0.173. The van der Waals surface area contributed by atoms with Crippen molar-refractivity contribution < 1.29 is 0 Å². The van der Waals surface area contributed by atoms with Gasteiger partial charge in [0.2, 0.25) is 0 Å². The molecule has 0 amide bonds. The Hall–Kier alpha value is -6.42. The van der Waals surface area contributed by atoms with Gasteiger partial charge in [-0.05, 0) is 88.0 Å². The lowest BCUT2D eigenvalue weighted by atomic mass is 9.81. The van der Waals surface area contributed by atoms with E-state index in [2.05, 4.69) is 193 Å². The van der Waals surface area contributed by atoms with Crippen LogP contribution in [-0.2, 0) is 5.41 Å². The number of thiophene rings is 1. The van der Waals surface area contributed by atoms with Crippen LogP contribution in [0.1, 0.15) is 25.0 Å². The Morgan fingerprint density at radius 1 is 0.426 bits per heavy atom. The van der Waals surface area contributed by atoms with Crippen molar-refractivity contribution >= 4 is 75.1 Å². The number of para-hydroxylation sites is 2. The fourth-order valence-electron chi connectivity index (χ4n) is 9.73. The molecule has 3 heteroatoms. The van der Waals surface area contributed by atoms with Gasteiger partial charge in [-0.15, -0.1) is 11.3 Å². The summed E-state index contributed by atoms with van der Waals surface area (Å²) in [7, 11) is 0. The molecule has 3 heterocycles. The Bertz CT molecular complexity index is 3350. The second-order valence-corrected chi connectivity index (χ2v) is 16.3. The van der Waals surface area contributed by atoms with Crippen LogP contribution < -0.4 is 0 Å². The van der Waals surface area contributed by atoms with E-state index >= 15 is 0 Å². The first-order valence-corrected chi connectivity index (χ1v) is 19.6. The summed E-state index contributed by atoms with van der Waals surface area (Å²) in [5.74, 6) is 0. The van der Waals surface area contributed by atoms with Crippen molar-refractivity contribution in [3.63, 3.8) is 0 Å². The van der Waals surface area contributed by atoms with Gasteiger partial charge in [-0.1, -0.05) is 129 Å². The van der Waals surface area contributed by atoms with Gasteiger partial charge in [-0.25, -0.2) is 0 Å². The van der Waals surface area contributed by atoms with Crippen molar-refractivity contribution in [2.24, 2.45) is 0 Å². The maximum Gasteiger partial charge on any atom is 0.0588 e. The summed E-state index contributed by atoms with van der Waals surface area (Å²) in [6.45, 7) is 4.81. The standard InChI is InChI=1S/C51H34N2S/c1-51(2)43-20-9-6-15-35(43)38-25-26-39-41-29-31(34-18-12-19-40-37-17-8-11-22-47(37)54-50(34)40)23-27-46(41)53(49(39)48(38)51)33-24-28-45-42(30-33)36-16-7-10-21-44(36)52(45)32-13-4-3-5-14-32/h3-30H,1-2H3. The third-order valence-electron chi connectivity index (χ3n) is 12.1. The maximum atomic E-state index is 2.56. The summed E-state index contributed by atoms with van der Waals surface area (Å²) in [4.78, 5) is 0. The molecule has 0 bridgehead atoms. The summed E-state index contributed by atoms with van der Waals surface area (Å²) in [6, 6.07) is 63.2. The molecule has 0 aliphatic heterocycles. The second kappa shape index (κ2) is 10.8. The predicted molar refractivity (Wildman–Crippen MR) is 231 cm³/mol. The molecule has 0 fully saturated rings. The molecule has 0 radical (unpaired) electrons. The number of aromatic nitrogens is 2. The van der Waals surface area contributed by atoms with E-state index in [1.165, 1.54) is 109 Å². The van der Waals surface area contributed by atoms with Gasteiger partial charge in [0.25, 0.3) is 0 Å². The summed E-state index contributed by atoms with van der Waals surface area (Å²) < 4.78 is 7.65. The number of hydrogen-bond donors (Lipinski definition) is 0. The molecule has 1 aliphatic carbocycles. The topological polar surface area (TPSA) is 9.86 Å². The molecule has 0 atom stereocenters. The molecule has 8 aromatic carbocycles. The van der Waals surface area contributed by atoms with Crippen molar-refractivity contribution in [1.82, 2.24) is 9.13 Å². The van der Waals surface area contributed by atoms with E-state index < -0.39 is 0 Å². The molecular weight excluding hydrogens is 673 g/mol. The SMILES string of the molecule is CC1(C)c2ccccc2-c2ccc3c4cc(-c5cccc6c5sc5ccccc56)ccc4n(-c4ccc5c(c4)c4ccccc4n5-c4ccccc4)c3c21. The van der Waals surface area contributed by atoms with E-state index in [0.29, 0.717) is 0 Å². The van der Waals surface area contributed by atoms with Crippen LogP contribution in [0.25, 0.3) is 97.4 Å². The summed E-state index contributed by atoms with van der Waals surface area (Å²) in [5.41, 5.74) is 15.2. The number of hydrogen-bond acceptors (Lipinski definition) is 1. The van der Waals surface area contributed by atoms with Gasteiger partial charge in [0.05, 0.1) is 22.1 Å². The zero-order valence-corrected chi connectivity index (χ0v) is 30.8.